The summed E-state index contributed by atoms with van der Waals surface area (Å²) >= 11 is 0. The number of hydrogen-bond donors (Lipinski definition) is 0. The number of benzene rings is 1. The molecule has 1 saturated carbocycles. The second kappa shape index (κ2) is 7.96. The van der Waals surface area contributed by atoms with E-state index in [0.717, 1.165) is 24.8 Å². The van der Waals surface area contributed by atoms with Crippen LogP contribution in [0, 0.1) is 5.92 Å². The number of anilines is 1. The van der Waals surface area contributed by atoms with Crippen molar-refractivity contribution in [3.8, 4) is 0 Å². The van der Waals surface area contributed by atoms with E-state index < -0.39 is 0 Å². The van der Waals surface area contributed by atoms with Crippen LogP contribution < -0.4 is 4.90 Å². The van der Waals surface area contributed by atoms with Gasteiger partial charge in [-0.2, -0.15) is 0 Å². The van der Waals surface area contributed by atoms with Crippen molar-refractivity contribution in [1.29, 1.82) is 0 Å². The highest BCUT2D eigenvalue weighted by Crippen LogP contribution is 2.34. The highest BCUT2D eigenvalue weighted by atomic mass is 15.3. The molecule has 1 saturated heterocycles. The number of aromatic nitrogens is 2. The van der Waals surface area contributed by atoms with Crippen LogP contribution in [-0.2, 0) is 0 Å². The summed E-state index contributed by atoms with van der Waals surface area (Å²) in [6, 6.07) is 12.7. The zero-order valence-electron chi connectivity index (χ0n) is 14.9. The Morgan fingerprint density at radius 1 is 0.800 bits per heavy atom. The third-order valence-electron chi connectivity index (χ3n) is 5.81. The van der Waals surface area contributed by atoms with Crippen molar-refractivity contribution in [3.63, 3.8) is 0 Å². The number of nitrogens with zero attached hydrogens (tertiary/aromatic N) is 4. The van der Waals surface area contributed by atoms with Gasteiger partial charge in [0, 0.05) is 56.7 Å². The van der Waals surface area contributed by atoms with Crippen LogP contribution in [0.2, 0.25) is 0 Å². The molecule has 132 valence electrons. The second-order valence-corrected chi connectivity index (χ2v) is 7.45. The van der Waals surface area contributed by atoms with Crippen molar-refractivity contribution >= 4 is 5.69 Å². The minimum absolute atomic E-state index is 0.576. The Balaban J connectivity index is 1.22. The van der Waals surface area contributed by atoms with Gasteiger partial charge >= 0.3 is 0 Å². The van der Waals surface area contributed by atoms with Crippen molar-refractivity contribution < 1.29 is 0 Å². The lowest BCUT2D eigenvalue weighted by atomic mass is 9.81. The summed E-state index contributed by atoms with van der Waals surface area (Å²) in [7, 11) is 0. The Bertz CT molecular complexity index is 572. The van der Waals surface area contributed by atoms with Crippen LogP contribution in [-0.4, -0.2) is 47.6 Å². The molecule has 1 aliphatic heterocycles. The Labute approximate surface area is 150 Å². The molecule has 0 N–H and O–H groups in total. The highest BCUT2D eigenvalue weighted by Gasteiger charge is 2.26. The summed E-state index contributed by atoms with van der Waals surface area (Å²) in [4.78, 5) is 14.1. The molecule has 4 nitrogen and oxygen atoms in total. The van der Waals surface area contributed by atoms with E-state index >= 15 is 0 Å². The van der Waals surface area contributed by atoms with Crippen LogP contribution in [0.4, 0.5) is 5.69 Å². The first-order valence-corrected chi connectivity index (χ1v) is 9.68. The van der Waals surface area contributed by atoms with E-state index in [0.29, 0.717) is 5.92 Å². The van der Waals surface area contributed by atoms with Gasteiger partial charge in [-0.15, -0.1) is 0 Å². The van der Waals surface area contributed by atoms with Crippen molar-refractivity contribution in [2.45, 2.75) is 31.6 Å². The maximum atomic E-state index is 4.45. The molecule has 2 aliphatic rings. The van der Waals surface area contributed by atoms with Gasteiger partial charge in [0.2, 0.25) is 0 Å². The zero-order valence-corrected chi connectivity index (χ0v) is 14.9. The van der Waals surface area contributed by atoms with Gasteiger partial charge in [-0.3, -0.25) is 4.90 Å². The quantitative estimate of drug-likeness (QED) is 0.854. The second-order valence-electron chi connectivity index (χ2n) is 7.45. The molecule has 1 aromatic carbocycles. The Morgan fingerprint density at radius 3 is 2.16 bits per heavy atom. The molecular weight excluding hydrogens is 308 g/mol. The topological polar surface area (TPSA) is 32.3 Å². The average molecular weight is 336 g/mol. The molecule has 2 heterocycles. The van der Waals surface area contributed by atoms with Crippen molar-refractivity contribution in [2.24, 2.45) is 5.92 Å². The molecule has 2 aromatic rings. The number of piperazine rings is 1. The summed E-state index contributed by atoms with van der Waals surface area (Å²) in [6.45, 7) is 5.95. The molecular formula is C21H28N4. The van der Waals surface area contributed by atoms with Crippen molar-refractivity contribution in [1.82, 2.24) is 14.9 Å². The van der Waals surface area contributed by atoms with Gasteiger partial charge in [0.05, 0.1) is 0 Å². The van der Waals surface area contributed by atoms with Crippen LogP contribution in [0.25, 0.3) is 0 Å². The molecule has 0 radical (unpaired) electrons. The lowest BCUT2D eigenvalue weighted by Crippen LogP contribution is -2.48. The minimum Gasteiger partial charge on any atom is -0.369 e. The van der Waals surface area contributed by atoms with Gasteiger partial charge in [0.1, 0.15) is 5.82 Å². The maximum Gasteiger partial charge on any atom is 0.131 e. The van der Waals surface area contributed by atoms with Gasteiger partial charge in [-0.1, -0.05) is 18.2 Å². The van der Waals surface area contributed by atoms with E-state index in [-0.39, 0.29) is 0 Å². The standard InChI is InChI=1S/C21H28N4/c1-2-5-20(6-3-1)25-15-13-24(14-16-25)17-18-7-9-19(10-8-18)21-22-11-4-12-23-21/h1-6,11-12,18-19H,7-10,13-17H2. The lowest BCUT2D eigenvalue weighted by molar-refractivity contribution is 0.185. The molecule has 2 fully saturated rings. The average Bonchev–Trinajstić information content (AvgIpc) is 2.71. The fraction of sp³-hybridized carbons (Fsp3) is 0.524. The van der Waals surface area contributed by atoms with Gasteiger partial charge in [0.25, 0.3) is 0 Å². The van der Waals surface area contributed by atoms with Gasteiger partial charge in [-0.25, -0.2) is 9.97 Å². The predicted octanol–water partition coefficient (Wildman–Crippen LogP) is 3.57. The first-order chi connectivity index (χ1) is 12.4. The molecule has 0 amide bonds. The summed E-state index contributed by atoms with van der Waals surface area (Å²) < 4.78 is 0. The predicted molar refractivity (Wildman–Crippen MR) is 102 cm³/mol. The van der Waals surface area contributed by atoms with E-state index in [1.165, 1.54) is 51.0 Å². The molecule has 4 rings (SSSR count). The van der Waals surface area contributed by atoms with E-state index in [4.69, 9.17) is 0 Å². The number of hydrogen-bond acceptors (Lipinski definition) is 4. The first kappa shape index (κ1) is 16.5. The number of rotatable bonds is 4. The number of para-hydroxylation sites is 1. The monoisotopic (exact) mass is 336 g/mol. The maximum absolute atomic E-state index is 4.45. The molecule has 0 unspecified atom stereocenters. The van der Waals surface area contributed by atoms with Crippen molar-refractivity contribution in [3.05, 3.63) is 54.6 Å². The molecule has 1 aliphatic carbocycles. The van der Waals surface area contributed by atoms with Crippen LogP contribution in [0.5, 0.6) is 0 Å². The van der Waals surface area contributed by atoms with Crippen LogP contribution in [0.15, 0.2) is 48.8 Å². The zero-order chi connectivity index (χ0) is 16.9. The normalized spacial score (nSPS) is 25.0. The van der Waals surface area contributed by atoms with Crippen LogP contribution >= 0.6 is 0 Å². The minimum atomic E-state index is 0.576. The van der Waals surface area contributed by atoms with Gasteiger partial charge in [-0.05, 0) is 49.8 Å². The summed E-state index contributed by atoms with van der Waals surface area (Å²) in [6.07, 6.45) is 8.89. The highest BCUT2D eigenvalue weighted by molar-refractivity contribution is 5.46. The van der Waals surface area contributed by atoms with Gasteiger partial charge < -0.3 is 4.90 Å². The summed E-state index contributed by atoms with van der Waals surface area (Å²) in [5.41, 5.74) is 1.37. The largest absolute Gasteiger partial charge is 0.369 e. The van der Waals surface area contributed by atoms with Crippen LogP contribution in [0.3, 0.4) is 0 Å². The third-order valence-corrected chi connectivity index (χ3v) is 5.81. The Morgan fingerprint density at radius 2 is 1.48 bits per heavy atom. The van der Waals surface area contributed by atoms with E-state index in [1.807, 2.05) is 18.5 Å². The Hall–Kier alpha value is -1.94. The summed E-state index contributed by atoms with van der Waals surface area (Å²) in [5.74, 6) is 2.48. The third kappa shape index (κ3) is 4.18. The van der Waals surface area contributed by atoms with E-state index in [2.05, 4.69) is 50.1 Å². The Kier molecular flexibility index (Phi) is 5.26. The fourth-order valence-corrected chi connectivity index (χ4v) is 4.32. The molecule has 25 heavy (non-hydrogen) atoms. The molecule has 1 aromatic heterocycles. The molecule has 4 heteroatoms. The smallest absolute Gasteiger partial charge is 0.131 e. The lowest BCUT2D eigenvalue weighted by Gasteiger charge is -2.39. The van der Waals surface area contributed by atoms with E-state index in [9.17, 15) is 0 Å². The van der Waals surface area contributed by atoms with Crippen molar-refractivity contribution in [2.75, 3.05) is 37.6 Å². The summed E-state index contributed by atoms with van der Waals surface area (Å²) in [5, 5.41) is 0. The van der Waals surface area contributed by atoms with Crippen LogP contribution in [0.1, 0.15) is 37.4 Å². The SMILES string of the molecule is c1ccc(N2CCN(CC3CCC(c4ncccn4)CC3)CC2)cc1. The fourth-order valence-electron chi connectivity index (χ4n) is 4.32. The molecule has 0 atom stereocenters. The molecule has 0 bridgehead atoms. The van der Waals surface area contributed by atoms with E-state index in [1.54, 1.807) is 0 Å². The molecule has 0 spiro atoms. The van der Waals surface area contributed by atoms with Gasteiger partial charge in [0.15, 0.2) is 0 Å². The first-order valence-electron chi connectivity index (χ1n) is 9.68.